The van der Waals surface area contributed by atoms with E-state index in [1.807, 2.05) is 6.92 Å². The number of carbonyl (C=O) groups excluding carboxylic acids is 2. The van der Waals surface area contributed by atoms with Crippen LogP contribution < -0.4 is 15.4 Å². The number of halogens is 3. The highest BCUT2D eigenvalue weighted by Crippen LogP contribution is 2.36. The molecule has 0 saturated carbocycles. The van der Waals surface area contributed by atoms with Gasteiger partial charge in [0.05, 0.1) is 41.5 Å². The van der Waals surface area contributed by atoms with Crippen LogP contribution in [-0.4, -0.2) is 38.5 Å². The normalized spacial score (nSPS) is 16.6. The minimum atomic E-state index is -3.84. The van der Waals surface area contributed by atoms with Gasteiger partial charge >= 0.3 is 5.57 Å². The topological polar surface area (TPSA) is 107 Å². The lowest BCUT2D eigenvalue weighted by Crippen LogP contribution is -2.21. The minimum absolute atomic E-state index is 0.00830. The van der Waals surface area contributed by atoms with Crippen LogP contribution in [0, 0.1) is 0 Å². The van der Waals surface area contributed by atoms with Crippen molar-refractivity contribution in [2.24, 2.45) is 0 Å². The zero-order valence-corrected chi connectivity index (χ0v) is 20.7. The maximum atomic E-state index is 13.3. The lowest BCUT2D eigenvalue weighted by Gasteiger charge is -2.23. The predicted molar refractivity (Wildman–Crippen MR) is 134 cm³/mol. The molecule has 0 aliphatic carbocycles. The van der Waals surface area contributed by atoms with Crippen LogP contribution in [0.3, 0.4) is 0 Å². The first-order valence-electron chi connectivity index (χ1n) is 11.7. The summed E-state index contributed by atoms with van der Waals surface area (Å²) < 4.78 is 37.8. The summed E-state index contributed by atoms with van der Waals surface area (Å²) >= 11 is 4.80. The van der Waals surface area contributed by atoms with E-state index in [0.29, 0.717) is 58.9 Å². The Kier molecular flexibility index (Phi) is 5.77. The Morgan fingerprint density at radius 2 is 2.03 bits per heavy atom. The van der Waals surface area contributed by atoms with Gasteiger partial charge in [0.25, 0.3) is 11.8 Å². The number of pyridine rings is 1. The monoisotopic (exact) mass is 539 g/mol. The Morgan fingerprint density at radius 3 is 2.79 bits per heavy atom. The Labute approximate surface area is 219 Å². The van der Waals surface area contributed by atoms with Crippen molar-refractivity contribution in [2.75, 3.05) is 11.9 Å². The molecule has 0 unspecified atom stereocenters. The van der Waals surface area contributed by atoms with Crippen LogP contribution in [0.15, 0.2) is 48.7 Å². The minimum Gasteiger partial charge on any atom is -0.420 e. The molecule has 9 nitrogen and oxygen atoms in total. The van der Waals surface area contributed by atoms with Crippen molar-refractivity contribution in [2.45, 2.75) is 31.7 Å². The lowest BCUT2D eigenvalue weighted by molar-refractivity contribution is -0.0964. The molecule has 2 aromatic carbocycles. The molecule has 2 aliphatic rings. The summed E-state index contributed by atoms with van der Waals surface area (Å²) in [6.45, 7) is 3.24. The number of ether oxygens (including phenoxy) is 2. The van der Waals surface area contributed by atoms with E-state index in [0.717, 1.165) is 11.3 Å². The Morgan fingerprint density at radius 1 is 1.24 bits per heavy atom. The molecular weight excluding hydrogens is 520 g/mol. The summed E-state index contributed by atoms with van der Waals surface area (Å²) in [7, 11) is 0. The van der Waals surface area contributed by atoms with Gasteiger partial charge in [0.2, 0.25) is 0 Å². The van der Waals surface area contributed by atoms with E-state index in [9.17, 15) is 18.4 Å². The van der Waals surface area contributed by atoms with Gasteiger partial charge in [-0.25, -0.2) is 4.98 Å². The average molecular weight is 540 g/mol. The number of fused-ring (bicyclic) bond motifs is 4. The summed E-state index contributed by atoms with van der Waals surface area (Å²) in [5, 5.41) is 5.53. The van der Waals surface area contributed by atoms with Gasteiger partial charge in [-0.1, -0.05) is 0 Å². The SMILES string of the molecule is C[C@@H]1COCc2nc3cc(C(=O)Nc4ccc(OC(F)(F)Cl)cc4)cc(-c4cnc5c(c4)C(=O)NC5)c3n21. The first-order chi connectivity index (χ1) is 18.2. The molecule has 38 heavy (non-hydrogen) atoms. The number of hydrogen-bond acceptors (Lipinski definition) is 6. The van der Waals surface area contributed by atoms with Gasteiger partial charge in [0.1, 0.15) is 18.2 Å². The van der Waals surface area contributed by atoms with E-state index < -0.39 is 11.5 Å². The number of nitrogens with zero attached hydrogens (tertiary/aromatic N) is 3. The molecule has 194 valence electrons. The number of rotatable bonds is 5. The van der Waals surface area contributed by atoms with Crippen molar-refractivity contribution >= 4 is 40.1 Å². The number of hydrogen-bond donors (Lipinski definition) is 2. The van der Waals surface area contributed by atoms with Crippen LogP contribution in [0.2, 0.25) is 0 Å². The number of alkyl halides is 3. The zero-order chi connectivity index (χ0) is 26.6. The second-order valence-corrected chi connectivity index (χ2v) is 9.52. The number of aromatic nitrogens is 3. The van der Waals surface area contributed by atoms with Crippen LogP contribution in [0.25, 0.3) is 22.2 Å². The number of amides is 2. The highest BCUT2D eigenvalue weighted by atomic mass is 35.5. The smallest absolute Gasteiger partial charge is 0.420 e. The zero-order valence-electron chi connectivity index (χ0n) is 19.9. The summed E-state index contributed by atoms with van der Waals surface area (Å²) in [6.07, 6.45) is 1.69. The van der Waals surface area contributed by atoms with Crippen LogP contribution in [0.1, 0.15) is 45.2 Å². The summed E-state index contributed by atoms with van der Waals surface area (Å²) in [4.78, 5) is 34.8. The van der Waals surface area contributed by atoms with E-state index in [1.54, 1.807) is 24.4 Å². The van der Waals surface area contributed by atoms with Crippen molar-refractivity contribution in [3.63, 3.8) is 0 Å². The fourth-order valence-electron chi connectivity index (χ4n) is 4.78. The Bertz CT molecular complexity index is 1600. The predicted octanol–water partition coefficient (Wildman–Crippen LogP) is 4.85. The molecule has 2 aliphatic heterocycles. The van der Waals surface area contributed by atoms with Crippen molar-refractivity contribution in [1.82, 2.24) is 19.9 Å². The first kappa shape index (κ1) is 24.3. The largest absolute Gasteiger partial charge is 0.487 e. The Balaban J connectivity index is 1.41. The third kappa shape index (κ3) is 4.44. The summed E-state index contributed by atoms with van der Waals surface area (Å²) in [5.74, 6) is -0.0570. The van der Waals surface area contributed by atoms with Gasteiger partial charge < -0.3 is 24.7 Å². The van der Waals surface area contributed by atoms with Gasteiger partial charge in [-0.05, 0) is 49.4 Å². The van der Waals surface area contributed by atoms with E-state index in [1.165, 1.54) is 24.3 Å². The molecule has 0 spiro atoms. The molecular formula is C26H20ClF2N5O4. The molecule has 0 radical (unpaired) electrons. The molecule has 0 bridgehead atoms. The number of anilines is 1. The fraction of sp³-hybridized carbons (Fsp3) is 0.231. The van der Waals surface area contributed by atoms with Gasteiger partial charge in [-0.15, -0.1) is 8.78 Å². The van der Waals surface area contributed by atoms with Crippen LogP contribution in [-0.2, 0) is 17.9 Å². The second-order valence-electron chi connectivity index (χ2n) is 9.08. The van der Waals surface area contributed by atoms with Crippen molar-refractivity contribution < 1.29 is 27.8 Å². The summed E-state index contributed by atoms with van der Waals surface area (Å²) in [5.41, 5.74) is 0.779. The third-order valence-electron chi connectivity index (χ3n) is 6.44. The molecule has 12 heteroatoms. The standard InChI is InChI=1S/C26H20ClF2N5O4/c1-13-11-37-12-22-33-20-8-14(24(35)32-16-2-4-17(5-3-16)38-26(27,28)29)6-18(23(20)34(13)22)15-7-19-21(30-9-15)10-31-25(19)36/h2-9,13H,10-12H2,1H3,(H,31,36)(H,32,35)/t13-/m1/s1. The third-order valence-corrected chi connectivity index (χ3v) is 6.52. The van der Waals surface area contributed by atoms with Crippen LogP contribution in [0.4, 0.5) is 14.5 Å². The highest BCUT2D eigenvalue weighted by Gasteiger charge is 2.28. The van der Waals surface area contributed by atoms with Gasteiger partial charge in [0.15, 0.2) is 0 Å². The van der Waals surface area contributed by atoms with Crippen LogP contribution >= 0.6 is 11.6 Å². The number of imidazole rings is 1. The molecule has 2 aromatic heterocycles. The second kappa shape index (κ2) is 9.03. The van der Waals surface area contributed by atoms with Crippen molar-refractivity contribution in [3.05, 3.63) is 71.3 Å². The van der Waals surface area contributed by atoms with Gasteiger partial charge in [0, 0.05) is 40.2 Å². The number of carbonyl (C=O) groups is 2. The molecule has 6 rings (SSSR count). The first-order valence-corrected chi connectivity index (χ1v) is 12.1. The Hall–Kier alpha value is -4.09. The van der Waals surface area contributed by atoms with Crippen molar-refractivity contribution in [3.8, 4) is 16.9 Å². The summed E-state index contributed by atoms with van der Waals surface area (Å²) in [6, 6.07) is 10.6. The van der Waals surface area contributed by atoms with Gasteiger partial charge in [-0.2, -0.15) is 0 Å². The molecule has 0 saturated heterocycles. The molecule has 2 N–H and O–H groups in total. The molecule has 4 aromatic rings. The molecule has 4 heterocycles. The number of benzene rings is 2. The average Bonchev–Trinajstić information content (AvgIpc) is 3.44. The number of nitrogens with one attached hydrogen (secondary N) is 2. The maximum Gasteiger partial charge on any atom is 0.487 e. The van der Waals surface area contributed by atoms with E-state index in [2.05, 4.69) is 24.9 Å². The van der Waals surface area contributed by atoms with Crippen molar-refractivity contribution in [1.29, 1.82) is 0 Å². The molecule has 1 atom stereocenters. The van der Waals surface area contributed by atoms with E-state index in [4.69, 9.17) is 21.3 Å². The van der Waals surface area contributed by atoms with E-state index in [-0.39, 0.29) is 17.7 Å². The maximum absolute atomic E-state index is 13.3. The van der Waals surface area contributed by atoms with E-state index >= 15 is 0 Å². The molecule has 0 fully saturated rings. The highest BCUT2D eigenvalue weighted by molar-refractivity contribution is 6.20. The quantitative estimate of drug-likeness (QED) is 0.351. The molecule has 2 amide bonds. The van der Waals surface area contributed by atoms with Crippen LogP contribution in [0.5, 0.6) is 5.75 Å². The lowest BCUT2D eigenvalue weighted by atomic mass is 9.99. The van der Waals surface area contributed by atoms with Gasteiger partial charge in [-0.3, -0.25) is 14.6 Å². The fourth-order valence-corrected chi connectivity index (χ4v) is 4.87.